The molecule has 1 saturated heterocycles. The standard InChI is InChI=1S/C30H26N6O7/c1-19-28(20-13-15-32-14-5-8-22(32)16-20)29-25(11-12-27(31-29)33(18-37)21-6-3-2-4-7-21)34(19)43-30(38)24-10-9-23(35(39)40)17-26(24)36(41)42/h2-4,6-7,9-13,17-18,22H,5,8,14-16H2,1H3. The molecule has 1 unspecified atom stereocenters. The number of carbonyl (C=O) groups excluding carboxylic acids is 2. The van der Waals surface area contributed by atoms with Crippen molar-refractivity contribution >= 4 is 51.9 Å². The van der Waals surface area contributed by atoms with Crippen molar-refractivity contribution < 1.29 is 24.3 Å². The third-order valence-corrected chi connectivity index (χ3v) is 8.00. The van der Waals surface area contributed by atoms with Crippen LogP contribution in [0.1, 0.15) is 40.9 Å². The molecule has 2 aliphatic rings. The van der Waals surface area contributed by atoms with E-state index in [0.29, 0.717) is 40.7 Å². The Bertz CT molecular complexity index is 1820. The number of benzene rings is 2. The van der Waals surface area contributed by atoms with Gasteiger partial charge in [0.2, 0.25) is 6.41 Å². The van der Waals surface area contributed by atoms with E-state index >= 15 is 0 Å². The normalized spacial score (nSPS) is 16.4. The van der Waals surface area contributed by atoms with Gasteiger partial charge < -0.3 is 4.84 Å². The highest BCUT2D eigenvalue weighted by atomic mass is 16.7. The number of carbonyl (C=O) groups is 2. The van der Waals surface area contributed by atoms with E-state index in [4.69, 9.17) is 9.82 Å². The summed E-state index contributed by atoms with van der Waals surface area (Å²) in [6, 6.07) is 15.5. The number of non-ortho nitro benzene ring substituents is 1. The zero-order valence-electron chi connectivity index (χ0n) is 23.1. The Balaban J connectivity index is 1.47. The molecule has 0 radical (unpaired) electrons. The van der Waals surface area contributed by atoms with Crippen LogP contribution in [0.15, 0.2) is 66.7 Å². The van der Waals surface area contributed by atoms with E-state index in [9.17, 15) is 29.8 Å². The van der Waals surface area contributed by atoms with Crippen LogP contribution in [0.25, 0.3) is 16.6 Å². The molecule has 2 aromatic carbocycles. The minimum Gasteiger partial charge on any atom is -0.330 e. The number of hydrogen-bond acceptors (Lipinski definition) is 9. The van der Waals surface area contributed by atoms with Gasteiger partial charge in [0.05, 0.1) is 27.3 Å². The van der Waals surface area contributed by atoms with E-state index in [0.717, 1.165) is 61.7 Å². The summed E-state index contributed by atoms with van der Waals surface area (Å²) in [6.45, 7) is 3.57. The molecule has 2 aliphatic heterocycles. The van der Waals surface area contributed by atoms with Crippen molar-refractivity contribution in [2.24, 2.45) is 0 Å². The van der Waals surface area contributed by atoms with Crippen molar-refractivity contribution in [2.45, 2.75) is 32.2 Å². The van der Waals surface area contributed by atoms with Crippen molar-refractivity contribution in [1.29, 1.82) is 0 Å². The number of para-hydroxylation sites is 1. The van der Waals surface area contributed by atoms with Crippen molar-refractivity contribution in [2.75, 3.05) is 18.0 Å². The van der Waals surface area contributed by atoms with E-state index in [1.54, 1.807) is 31.2 Å². The molecule has 2 aromatic heterocycles. The van der Waals surface area contributed by atoms with Gasteiger partial charge >= 0.3 is 5.97 Å². The molecule has 13 heteroatoms. The van der Waals surface area contributed by atoms with Gasteiger partial charge in [0, 0.05) is 24.2 Å². The van der Waals surface area contributed by atoms with Crippen LogP contribution in [0.3, 0.4) is 0 Å². The predicted molar refractivity (Wildman–Crippen MR) is 157 cm³/mol. The fourth-order valence-electron chi connectivity index (χ4n) is 5.94. The van der Waals surface area contributed by atoms with Crippen LogP contribution < -0.4 is 9.74 Å². The van der Waals surface area contributed by atoms with Crippen LogP contribution in [-0.2, 0) is 4.79 Å². The average molecular weight is 583 g/mol. The number of amides is 1. The molecule has 1 fully saturated rings. The van der Waals surface area contributed by atoms with E-state index in [1.165, 1.54) is 9.63 Å². The molecule has 0 N–H and O–H groups in total. The monoisotopic (exact) mass is 582 g/mol. The lowest BCUT2D eigenvalue weighted by atomic mass is 9.93. The third-order valence-electron chi connectivity index (χ3n) is 8.00. The number of anilines is 2. The first-order chi connectivity index (χ1) is 20.8. The lowest BCUT2D eigenvalue weighted by molar-refractivity contribution is -0.394. The van der Waals surface area contributed by atoms with Crippen molar-refractivity contribution in [1.82, 2.24) is 14.6 Å². The highest BCUT2D eigenvalue weighted by Crippen LogP contribution is 2.39. The van der Waals surface area contributed by atoms with E-state index < -0.39 is 32.8 Å². The van der Waals surface area contributed by atoms with Gasteiger partial charge in [-0.2, -0.15) is 4.73 Å². The molecular formula is C30H26N6O7. The van der Waals surface area contributed by atoms with Gasteiger partial charge in [-0.05, 0) is 68.6 Å². The summed E-state index contributed by atoms with van der Waals surface area (Å²) >= 11 is 0. The fraction of sp³-hybridized carbons (Fsp3) is 0.233. The Labute approximate surface area is 244 Å². The first-order valence-corrected chi connectivity index (χ1v) is 13.7. The van der Waals surface area contributed by atoms with E-state index in [-0.39, 0.29) is 0 Å². The summed E-state index contributed by atoms with van der Waals surface area (Å²) in [5, 5.41) is 22.9. The van der Waals surface area contributed by atoms with Crippen LogP contribution in [0.5, 0.6) is 0 Å². The maximum absolute atomic E-state index is 13.3. The number of rotatable bonds is 8. The molecule has 4 heterocycles. The van der Waals surface area contributed by atoms with Gasteiger partial charge in [-0.1, -0.05) is 24.3 Å². The van der Waals surface area contributed by atoms with Gasteiger partial charge in [0.1, 0.15) is 22.4 Å². The smallest absolute Gasteiger partial charge is 0.330 e. The Morgan fingerprint density at radius 2 is 1.88 bits per heavy atom. The lowest BCUT2D eigenvalue weighted by Crippen LogP contribution is -2.33. The fourth-order valence-corrected chi connectivity index (χ4v) is 5.94. The summed E-state index contributed by atoms with van der Waals surface area (Å²) in [5.74, 6) is -0.695. The Morgan fingerprint density at radius 1 is 1.09 bits per heavy atom. The van der Waals surface area contributed by atoms with E-state index in [1.807, 2.05) is 18.2 Å². The highest BCUT2D eigenvalue weighted by molar-refractivity contribution is 5.98. The predicted octanol–water partition coefficient (Wildman–Crippen LogP) is 4.98. The number of pyridine rings is 1. The van der Waals surface area contributed by atoms with Crippen molar-refractivity contribution in [3.05, 3.63) is 104 Å². The molecule has 0 aliphatic carbocycles. The maximum atomic E-state index is 13.3. The quantitative estimate of drug-likeness (QED) is 0.159. The van der Waals surface area contributed by atoms with E-state index in [2.05, 4.69) is 11.0 Å². The summed E-state index contributed by atoms with van der Waals surface area (Å²) in [7, 11) is 0. The third kappa shape index (κ3) is 4.99. The maximum Gasteiger partial charge on any atom is 0.370 e. The van der Waals surface area contributed by atoms with Crippen LogP contribution in [0.4, 0.5) is 22.9 Å². The first kappa shape index (κ1) is 27.7. The second-order valence-corrected chi connectivity index (χ2v) is 10.4. The average Bonchev–Trinajstić information content (AvgIpc) is 3.59. The number of hydrogen-bond donors (Lipinski definition) is 0. The van der Waals surface area contributed by atoms with Crippen LogP contribution in [-0.4, -0.2) is 56.0 Å². The SMILES string of the molecule is Cc1c(C2=CCN3CCCC3C2)c2nc(N(C=O)c3ccccc3)ccc2n1OC(=O)c1ccc([N+](=O)[O-])cc1[N+](=O)[O-]. The summed E-state index contributed by atoms with van der Waals surface area (Å²) in [4.78, 5) is 61.2. The largest absolute Gasteiger partial charge is 0.370 e. The zero-order chi connectivity index (χ0) is 30.2. The van der Waals surface area contributed by atoms with Gasteiger partial charge in [0.25, 0.3) is 11.4 Å². The topological polar surface area (TPSA) is 154 Å². The zero-order valence-corrected chi connectivity index (χ0v) is 23.1. The minimum atomic E-state index is -1.06. The van der Waals surface area contributed by atoms with Crippen LogP contribution in [0.2, 0.25) is 0 Å². The van der Waals surface area contributed by atoms with Crippen molar-refractivity contribution in [3.8, 4) is 0 Å². The number of nitrogens with zero attached hydrogens (tertiary/aromatic N) is 6. The molecule has 0 bridgehead atoms. The molecule has 4 aromatic rings. The number of nitro benzene ring substituents is 2. The molecule has 13 nitrogen and oxygen atoms in total. The number of aromatic nitrogens is 2. The second kappa shape index (κ2) is 11.1. The van der Waals surface area contributed by atoms with Gasteiger partial charge in [-0.15, -0.1) is 0 Å². The number of fused-ring (bicyclic) bond motifs is 2. The van der Waals surface area contributed by atoms with Crippen LogP contribution in [0, 0.1) is 27.2 Å². The molecule has 1 atom stereocenters. The first-order valence-electron chi connectivity index (χ1n) is 13.7. The molecule has 0 saturated carbocycles. The molecule has 6 rings (SSSR count). The molecule has 218 valence electrons. The summed E-state index contributed by atoms with van der Waals surface area (Å²) in [5.41, 5.74) is 2.19. The molecule has 1 amide bonds. The highest BCUT2D eigenvalue weighted by Gasteiger charge is 2.32. The van der Waals surface area contributed by atoms with Gasteiger partial charge in [0.15, 0.2) is 0 Å². The van der Waals surface area contributed by atoms with Crippen molar-refractivity contribution in [3.63, 3.8) is 0 Å². The second-order valence-electron chi connectivity index (χ2n) is 10.4. The van der Waals surface area contributed by atoms with Gasteiger partial charge in [-0.3, -0.25) is 34.8 Å². The molecular weight excluding hydrogens is 556 g/mol. The summed E-state index contributed by atoms with van der Waals surface area (Å²) < 4.78 is 1.28. The summed E-state index contributed by atoms with van der Waals surface area (Å²) in [6.07, 6.45) is 5.77. The van der Waals surface area contributed by atoms with Gasteiger partial charge in [-0.25, -0.2) is 9.78 Å². The Morgan fingerprint density at radius 3 is 2.60 bits per heavy atom. The Kier molecular flexibility index (Phi) is 7.16. The number of nitro groups is 2. The molecule has 43 heavy (non-hydrogen) atoms. The Hall–Kier alpha value is -5.43. The molecule has 0 spiro atoms. The lowest BCUT2D eigenvalue weighted by Gasteiger charge is -2.29. The van der Waals surface area contributed by atoms with Crippen LogP contribution >= 0.6 is 0 Å². The minimum absolute atomic E-state index is 0.364.